The fourth-order valence-electron chi connectivity index (χ4n) is 4.13. The summed E-state index contributed by atoms with van der Waals surface area (Å²) in [6.07, 6.45) is 1.99. The van der Waals surface area contributed by atoms with Crippen LogP contribution in [0, 0.1) is 11.6 Å². The van der Waals surface area contributed by atoms with E-state index in [1.165, 1.54) is 17.7 Å². The maximum atomic E-state index is 14.2. The third kappa shape index (κ3) is 6.52. The molecule has 1 N–H and O–H groups in total. The number of rotatable bonds is 4. The summed E-state index contributed by atoms with van der Waals surface area (Å²) in [7, 11) is 0. The van der Waals surface area contributed by atoms with Gasteiger partial charge in [0.1, 0.15) is 11.6 Å². The molecule has 3 aromatic rings. The van der Waals surface area contributed by atoms with E-state index < -0.39 is 0 Å². The van der Waals surface area contributed by atoms with Crippen LogP contribution >= 0.6 is 23.2 Å². The lowest BCUT2D eigenvalue weighted by molar-refractivity contribution is 0.399. The molecule has 0 bridgehead atoms. The molecule has 1 aliphatic rings. The highest BCUT2D eigenvalue weighted by Gasteiger charge is 2.32. The minimum atomic E-state index is -0.294. The Hall–Kier alpha value is -1.94. The van der Waals surface area contributed by atoms with Gasteiger partial charge in [0.2, 0.25) is 0 Å². The third-order valence-electron chi connectivity index (χ3n) is 5.74. The topological polar surface area (TPSA) is 12.0 Å². The molecule has 164 valence electrons. The van der Waals surface area contributed by atoms with Crippen molar-refractivity contribution in [2.45, 2.75) is 44.1 Å². The summed E-state index contributed by atoms with van der Waals surface area (Å²) in [6.45, 7) is 5.36. The Balaban J connectivity index is 0.000000287. The van der Waals surface area contributed by atoms with Crippen LogP contribution in [0.5, 0.6) is 0 Å². The van der Waals surface area contributed by atoms with E-state index in [1.807, 2.05) is 18.2 Å². The van der Waals surface area contributed by atoms with E-state index in [1.54, 1.807) is 18.2 Å². The van der Waals surface area contributed by atoms with Crippen LogP contribution in [-0.2, 0) is 5.41 Å². The molecule has 3 aromatic carbocycles. The smallest absolute Gasteiger partial charge is 0.145 e. The average molecular weight is 462 g/mol. The Labute approximate surface area is 193 Å². The molecule has 1 heterocycles. The molecule has 0 amide bonds. The lowest BCUT2D eigenvalue weighted by Gasteiger charge is -2.28. The molecule has 31 heavy (non-hydrogen) atoms. The number of hydrogen-bond donors (Lipinski definition) is 1. The van der Waals surface area contributed by atoms with Crippen LogP contribution in [0.15, 0.2) is 72.8 Å². The van der Waals surface area contributed by atoms with Gasteiger partial charge in [-0.2, -0.15) is 0 Å². The zero-order valence-electron chi connectivity index (χ0n) is 17.7. The molecule has 2 atom stereocenters. The van der Waals surface area contributed by atoms with Gasteiger partial charge in [-0.25, -0.2) is 8.78 Å². The molecule has 0 aromatic heterocycles. The van der Waals surface area contributed by atoms with Gasteiger partial charge in [-0.3, -0.25) is 0 Å². The van der Waals surface area contributed by atoms with Crippen molar-refractivity contribution in [1.29, 1.82) is 0 Å². The first kappa shape index (κ1) is 23.7. The highest BCUT2D eigenvalue weighted by Crippen LogP contribution is 2.36. The molecule has 0 spiro atoms. The molecule has 1 saturated heterocycles. The highest BCUT2D eigenvalue weighted by molar-refractivity contribution is 6.31. The molecular formula is C26H27Cl2F2N. The van der Waals surface area contributed by atoms with Crippen LogP contribution in [0.2, 0.25) is 10.0 Å². The first-order valence-electron chi connectivity index (χ1n) is 10.4. The number of hydrogen-bond acceptors (Lipinski definition) is 1. The fraction of sp³-hybridized carbons (Fsp3) is 0.308. The van der Waals surface area contributed by atoms with Crippen LogP contribution < -0.4 is 5.32 Å². The Morgan fingerprint density at radius 1 is 0.935 bits per heavy atom. The minimum Gasteiger partial charge on any atom is -0.313 e. The first-order chi connectivity index (χ1) is 14.8. The molecule has 1 fully saturated rings. The van der Waals surface area contributed by atoms with Crippen LogP contribution in [0.1, 0.15) is 43.7 Å². The quantitative estimate of drug-likeness (QED) is 0.418. The second-order valence-electron chi connectivity index (χ2n) is 8.57. The van der Waals surface area contributed by atoms with Crippen molar-refractivity contribution in [3.63, 3.8) is 0 Å². The van der Waals surface area contributed by atoms with Gasteiger partial charge in [0.05, 0.1) is 5.02 Å². The molecule has 1 nitrogen and oxygen atoms in total. The zero-order valence-corrected chi connectivity index (χ0v) is 19.2. The predicted octanol–water partition coefficient (Wildman–Crippen LogP) is 7.77. The maximum absolute atomic E-state index is 14.2. The normalized spacial score (nSPS) is 18.4. The Kier molecular flexibility index (Phi) is 8.10. The fourth-order valence-corrected chi connectivity index (χ4v) is 4.49. The summed E-state index contributed by atoms with van der Waals surface area (Å²) in [6, 6.07) is 22.1. The van der Waals surface area contributed by atoms with E-state index >= 15 is 0 Å². The van der Waals surface area contributed by atoms with Gasteiger partial charge in [0.15, 0.2) is 0 Å². The van der Waals surface area contributed by atoms with Gasteiger partial charge in [0.25, 0.3) is 0 Å². The second-order valence-corrected chi connectivity index (χ2v) is 9.42. The van der Waals surface area contributed by atoms with Gasteiger partial charge in [0, 0.05) is 23.5 Å². The van der Waals surface area contributed by atoms with Crippen molar-refractivity contribution >= 4 is 23.2 Å². The molecule has 5 heteroatoms. The molecule has 0 radical (unpaired) electrons. The van der Waals surface area contributed by atoms with Crippen molar-refractivity contribution in [1.82, 2.24) is 5.32 Å². The molecule has 0 saturated carbocycles. The third-order valence-corrected chi connectivity index (χ3v) is 6.27. The molecule has 2 unspecified atom stereocenters. The van der Waals surface area contributed by atoms with Gasteiger partial charge in [-0.05, 0) is 53.6 Å². The van der Waals surface area contributed by atoms with Gasteiger partial charge >= 0.3 is 0 Å². The summed E-state index contributed by atoms with van der Waals surface area (Å²) in [5, 5.41) is 4.22. The van der Waals surface area contributed by atoms with Crippen molar-refractivity contribution in [2.24, 2.45) is 0 Å². The Morgan fingerprint density at radius 3 is 2.29 bits per heavy atom. The first-order valence-corrected chi connectivity index (χ1v) is 11.2. The van der Waals surface area contributed by atoms with E-state index in [9.17, 15) is 8.78 Å². The van der Waals surface area contributed by atoms with Crippen molar-refractivity contribution in [3.05, 3.63) is 106 Å². The predicted molar refractivity (Wildman–Crippen MR) is 126 cm³/mol. The van der Waals surface area contributed by atoms with Crippen LogP contribution in [-0.4, -0.2) is 12.6 Å². The standard InChI is InChI=1S/C20H23ClFN.C6H4ClF/c1-20(2,15-7-4-3-5-8-15)12-16-11-14(13-23-16)17-9-6-10-18(21)19(17)22;7-5-2-1-3-6(8)4-5/h3-10,14,16,23H,11-13H2,1-2H3;1-4H. The SMILES string of the molecule is CC(C)(CC1CC(c2cccc(Cl)c2F)CN1)c1ccccc1.Fc1cccc(Cl)c1. The Bertz CT molecular complexity index is 974. The lowest BCUT2D eigenvalue weighted by Crippen LogP contribution is -2.30. The molecule has 1 aliphatic heterocycles. The molecular weight excluding hydrogens is 435 g/mol. The van der Waals surface area contributed by atoms with Crippen molar-refractivity contribution in [2.75, 3.05) is 6.54 Å². The van der Waals surface area contributed by atoms with E-state index in [0.29, 0.717) is 11.1 Å². The van der Waals surface area contributed by atoms with Gasteiger partial charge in [-0.15, -0.1) is 0 Å². The average Bonchev–Trinajstić information content (AvgIpc) is 3.18. The van der Waals surface area contributed by atoms with E-state index in [0.717, 1.165) is 24.9 Å². The largest absolute Gasteiger partial charge is 0.313 e. The van der Waals surface area contributed by atoms with Gasteiger partial charge in [-0.1, -0.05) is 85.6 Å². The van der Waals surface area contributed by atoms with E-state index in [2.05, 4.69) is 43.4 Å². The molecule has 0 aliphatic carbocycles. The summed E-state index contributed by atoms with van der Waals surface area (Å²) in [4.78, 5) is 0. The van der Waals surface area contributed by atoms with Crippen LogP contribution in [0.25, 0.3) is 0 Å². The summed E-state index contributed by atoms with van der Waals surface area (Å²) < 4.78 is 26.3. The number of halogens is 4. The van der Waals surface area contributed by atoms with E-state index in [-0.39, 0.29) is 28.0 Å². The van der Waals surface area contributed by atoms with Crippen LogP contribution in [0.4, 0.5) is 8.78 Å². The lowest BCUT2D eigenvalue weighted by atomic mass is 9.78. The summed E-state index contributed by atoms with van der Waals surface area (Å²) in [5.74, 6) is -0.355. The van der Waals surface area contributed by atoms with Crippen molar-refractivity contribution in [3.8, 4) is 0 Å². The van der Waals surface area contributed by atoms with Gasteiger partial charge < -0.3 is 5.32 Å². The van der Waals surface area contributed by atoms with Crippen LogP contribution in [0.3, 0.4) is 0 Å². The summed E-state index contributed by atoms with van der Waals surface area (Å²) >= 11 is 11.3. The summed E-state index contributed by atoms with van der Waals surface area (Å²) in [5.41, 5.74) is 2.19. The zero-order chi connectivity index (χ0) is 22.4. The molecule has 4 rings (SSSR count). The highest BCUT2D eigenvalue weighted by atomic mass is 35.5. The van der Waals surface area contributed by atoms with Crippen molar-refractivity contribution < 1.29 is 8.78 Å². The minimum absolute atomic E-state index is 0.0979. The number of nitrogens with one attached hydrogen (secondary N) is 1. The number of benzene rings is 3. The monoisotopic (exact) mass is 461 g/mol. The Morgan fingerprint density at radius 2 is 1.65 bits per heavy atom. The van der Waals surface area contributed by atoms with E-state index in [4.69, 9.17) is 23.2 Å². The second kappa shape index (κ2) is 10.6. The maximum Gasteiger partial charge on any atom is 0.145 e.